The van der Waals surface area contributed by atoms with E-state index < -0.39 is 36.8 Å². The molecule has 1 fully saturated rings. The molecule has 0 unspecified atom stereocenters. The van der Waals surface area contributed by atoms with Crippen LogP contribution in [-0.2, 0) is 4.74 Å². The summed E-state index contributed by atoms with van der Waals surface area (Å²) in [6.45, 7) is -0.479. The second kappa shape index (κ2) is 4.96. The lowest BCUT2D eigenvalue weighted by molar-refractivity contribution is -0.169. The Hall–Kier alpha value is -2.21. The summed E-state index contributed by atoms with van der Waals surface area (Å²) < 4.78 is 6.15. The van der Waals surface area contributed by atoms with Crippen LogP contribution >= 0.6 is 0 Å². The summed E-state index contributed by atoms with van der Waals surface area (Å²) in [4.78, 5) is 26.9. The number of aromatic nitrogens is 4. The zero-order valence-electron chi connectivity index (χ0n) is 10.6. The molecule has 0 amide bonds. The molecule has 4 atom stereocenters. The molecule has 2 aromatic rings. The van der Waals surface area contributed by atoms with Gasteiger partial charge >= 0.3 is 0 Å². The van der Waals surface area contributed by atoms with Crippen molar-refractivity contribution in [1.29, 1.82) is 0 Å². The SMILES string of the molecule is Nc1nc2c(ncn2O[C@H]2O[C@H](CO)[C@@H](O)[C@@H]2O)c(=O)[nH]1. The van der Waals surface area contributed by atoms with Gasteiger partial charge in [0, 0.05) is 0 Å². The number of aliphatic hydroxyl groups excluding tert-OH is 3. The quantitative estimate of drug-likeness (QED) is 0.387. The third-order valence-electron chi connectivity index (χ3n) is 3.11. The Labute approximate surface area is 116 Å². The zero-order chi connectivity index (χ0) is 15.1. The number of H-pyrrole nitrogens is 1. The number of ether oxygens (including phenoxy) is 1. The maximum Gasteiger partial charge on any atom is 0.280 e. The van der Waals surface area contributed by atoms with Gasteiger partial charge in [-0.2, -0.15) is 4.98 Å². The van der Waals surface area contributed by atoms with Crippen LogP contribution in [-0.4, -0.2) is 66.2 Å². The van der Waals surface area contributed by atoms with Crippen molar-refractivity contribution in [2.45, 2.75) is 24.6 Å². The van der Waals surface area contributed by atoms with Gasteiger partial charge in [0.25, 0.3) is 11.8 Å². The highest BCUT2D eigenvalue weighted by atomic mass is 16.8. The minimum atomic E-state index is -1.38. The first-order valence-electron chi connectivity index (χ1n) is 6.03. The number of fused-ring (bicyclic) bond motifs is 1. The van der Waals surface area contributed by atoms with Crippen molar-refractivity contribution in [2.24, 2.45) is 0 Å². The molecule has 0 radical (unpaired) electrons. The molecule has 6 N–H and O–H groups in total. The molecule has 1 saturated heterocycles. The predicted octanol–water partition coefficient (Wildman–Crippen LogP) is -3.43. The third-order valence-corrected chi connectivity index (χ3v) is 3.11. The molecular weight excluding hydrogens is 286 g/mol. The Balaban J connectivity index is 1.91. The highest BCUT2D eigenvalue weighted by molar-refractivity contribution is 5.69. The van der Waals surface area contributed by atoms with Gasteiger partial charge in [-0.25, -0.2) is 4.98 Å². The molecule has 1 aliphatic rings. The van der Waals surface area contributed by atoms with Gasteiger partial charge in [-0.1, -0.05) is 0 Å². The van der Waals surface area contributed by atoms with E-state index in [-0.39, 0.29) is 17.1 Å². The molecule has 0 aromatic carbocycles. The molecule has 11 heteroatoms. The van der Waals surface area contributed by atoms with Crippen LogP contribution in [0.2, 0.25) is 0 Å². The number of rotatable bonds is 3. The fourth-order valence-electron chi connectivity index (χ4n) is 2.05. The van der Waals surface area contributed by atoms with Crippen molar-refractivity contribution in [3.63, 3.8) is 0 Å². The van der Waals surface area contributed by atoms with E-state index in [0.717, 1.165) is 11.1 Å². The zero-order valence-corrected chi connectivity index (χ0v) is 10.6. The molecule has 114 valence electrons. The number of nitrogens with one attached hydrogen (secondary N) is 1. The molecular formula is C10H13N5O6. The molecule has 1 aliphatic heterocycles. The number of anilines is 1. The van der Waals surface area contributed by atoms with E-state index >= 15 is 0 Å². The molecule has 0 saturated carbocycles. The van der Waals surface area contributed by atoms with Gasteiger partial charge in [0.05, 0.1) is 6.61 Å². The summed E-state index contributed by atoms with van der Waals surface area (Å²) in [6.07, 6.45) is -3.74. The lowest BCUT2D eigenvalue weighted by Gasteiger charge is -2.16. The van der Waals surface area contributed by atoms with E-state index in [1.807, 2.05) is 0 Å². The van der Waals surface area contributed by atoms with Gasteiger partial charge in [0.2, 0.25) is 11.6 Å². The number of hydrogen-bond donors (Lipinski definition) is 5. The molecule has 3 rings (SSSR count). The topological polar surface area (TPSA) is 169 Å². The third kappa shape index (κ3) is 2.21. The number of aromatic amines is 1. The minimum Gasteiger partial charge on any atom is -0.394 e. The van der Waals surface area contributed by atoms with Crippen LogP contribution in [0.1, 0.15) is 0 Å². The maximum absolute atomic E-state index is 11.6. The van der Waals surface area contributed by atoms with E-state index in [1.165, 1.54) is 0 Å². The molecule has 11 nitrogen and oxygen atoms in total. The fourth-order valence-corrected chi connectivity index (χ4v) is 2.05. The van der Waals surface area contributed by atoms with Gasteiger partial charge in [-0.3, -0.25) is 9.78 Å². The maximum atomic E-state index is 11.6. The molecule has 0 aliphatic carbocycles. The summed E-state index contributed by atoms with van der Waals surface area (Å²) in [6, 6.07) is 0. The van der Waals surface area contributed by atoms with E-state index in [1.54, 1.807) is 0 Å². The Morgan fingerprint density at radius 2 is 2.24 bits per heavy atom. The summed E-state index contributed by atoms with van der Waals surface area (Å²) in [5.41, 5.74) is 4.93. The molecule has 3 heterocycles. The van der Waals surface area contributed by atoms with Crippen molar-refractivity contribution in [1.82, 2.24) is 19.7 Å². The molecule has 2 aromatic heterocycles. The summed E-state index contributed by atoms with van der Waals surface area (Å²) >= 11 is 0. The second-order valence-electron chi connectivity index (χ2n) is 4.51. The number of aliphatic hydroxyl groups is 3. The largest absolute Gasteiger partial charge is 0.394 e. The van der Waals surface area contributed by atoms with Crippen molar-refractivity contribution in [2.75, 3.05) is 12.3 Å². The molecule has 21 heavy (non-hydrogen) atoms. The van der Waals surface area contributed by atoms with Crippen LogP contribution in [0, 0.1) is 0 Å². The highest BCUT2D eigenvalue weighted by Gasteiger charge is 2.44. The van der Waals surface area contributed by atoms with Crippen LogP contribution in [0.25, 0.3) is 11.2 Å². The average molecular weight is 299 g/mol. The van der Waals surface area contributed by atoms with Crippen molar-refractivity contribution < 1.29 is 24.9 Å². The van der Waals surface area contributed by atoms with Gasteiger partial charge in [-0.05, 0) is 0 Å². The standard InChI is InChI=1S/C10H13N5O6/c11-10-13-7-4(8(19)14-10)12-2-15(7)21-9-6(18)5(17)3(1-16)20-9/h2-3,5-6,9,16-18H,1H2,(H3,11,13,14,19)/t3-,5-,6+,9-/m1/s1. The van der Waals surface area contributed by atoms with Crippen molar-refractivity contribution in [3.05, 3.63) is 16.7 Å². The predicted molar refractivity (Wildman–Crippen MR) is 66.9 cm³/mol. The van der Waals surface area contributed by atoms with Crippen LogP contribution in [0.4, 0.5) is 5.95 Å². The normalized spacial score (nSPS) is 29.1. The molecule has 0 bridgehead atoms. The number of nitrogens with zero attached hydrogens (tertiary/aromatic N) is 3. The van der Waals surface area contributed by atoms with Gasteiger partial charge in [-0.15, -0.1) is 4.73 Å². The van der Waals surface area contributed by atoms with Gasteiger partial charge < -0.3 is 30.6 Å². The van der Waals surface area contributed by atoms with Gasteiger partial charge in [0.15, 0.2) is 5.52 Å². The second-order valence-corrected chi connectivity index (χ2v) is 4.51. The van der Waals surface area contributed by atoms with E-state index in [0.29, 0.717) is 0 Å². The van der Waals surface area contributed by atoms with E-state index in [2.05, 4.69) is 15.0 Å². The Morgan fingerprint density at radius 3 is 2.90 bits per heavy atom. The van der Waals surface area contributed by atoms with Crippen molar-refractivity contribution in [3.8, 4) is 0 Å². The fraction of sp³-hybridized carbons (Fsp3) is 0.500. The number of nitrogens with two attached hydrogens (primary N) is 1. The van der Waals surface area contributed by atoms with E-state index in [4.69, 9.17) is 20.4 Å². The highest BCUT2D eigenvalue weighted by Crippen LogP contribution is 2.21. The first-order chi connectivity index (χ1) is 10.0. The Bertz CT molecular complexity index is 714. The lowest BCUT2D eigenvalue weighted by Crippen LogP contribution is -2.38. The summed E-state index contributed by atoms with van der Waals surface area (Å²) in [5.74, 6) is -0.126. The summed E-state index contributed by atoms with van der Waals surface area (Å²) in [7, 11) is 0. The smallest absolute Gasteiger partial charge is 0.280 e. The number of imidazole rings is 1. The van der Waals surface area contributed by atoms with Gasteiger partial charge in [0.1, 0.15) is 24.6 Å². The minimum absolute atomic E-state index is 0.00376. The molecule has 0 spiro atoms. The van der Waals surface area contributed by atoms with Crippen molar-refractivity contribution >= 4 is 17.1 Å². The lowest BCUT2D eigenvalue weighted by atomic mass is 10.1. The average Bonchev–Trinajstić information content (AvgIpc) is 2.96. The number of hydrogen-bond acceptors (Lipinski definition) is 9. The van der Waals surface area contributed by atoms with Crippen LogP contribution in [0.3, 0.4) is 0 Å². The Morgan fingerprint density at radius 1 is 1.48 bits per heavy atom. The Kier molecular flexibility index (Phi) is 3.25. The first kappa shape index (κ1) is 13.8. The van der Waals surface area contributed by atoms with Crippen LogP contribution < -0.4 is 16.1 Å². The monoisotopic (exact) mass is 299 g/mol. The first-order valence-corrected chi connectivity index (χ1v) is 6.03. The van der Waals surface area contributed by atoms with Crippen LogP contribution in [0.5, 0.6) is 0 Å². The summed E-state index contributed by atoms with van der Waals surface area (Å²) in [5, 5.41) is 28.4. The van der Waals surface area contributed by atoms with E-state index in [9.17, 15) is 15.0 Å². The van der Waals surface area contributed by atoms with Crippen LogP contribution in [0.15, 0.2) is 11.1 Å². The number of nitrogen functional groups attached to an aromatic ring is 1.